The Morgan fingerprint density at radius 1 is 1.16 bits per heavy atom. The van der Waals surface area contributed by atoms with Crippen molar-refractivity contribution in [2.24, 2.45) is 5.92 Å². The highest BCUT2D eigenvalue weighted by molar-refractivity contribution is 14.1. The van der Waals surface area contributed by atoms with Gasteiger partial charge in [0.25, 0.3) is 0 Å². The van der Waals surface area contributed by atoms with Gasteiger partial charge in [-0.1, -0.05) is 28.7 Å². The third kappa shape index (κ3) is 3.38. The Balaban J connectivity index is 2.09. The molecule has 1 aromatic carbocycles. The number of benzene rings is 1. The van der Waals surface area contributed by atoms with Crippen LogP contribution in [-0.2, 0) is 0 Å². The van der Waals surface area contributed by atoms with E-state index < -0.39 is 11.6 Å². The number of ether oxygens (including phenoxy) is 1. The third-order valence-electron chi connectivity index (χ3n) is 4.10. The van der Waals surface area contributed by atoms with E-state index in [0.717, 1.165) is 31.6 Å². The van der Waals surface area contributed by atoms with Gasteiger partial charge in [0.15, 0.2) is 11.6 Å². The largest absolute Gasteiger partial charge is 0.494 e. The molecule has 0 saturated heterocycles. The fourth-order valence-corrected chi connectivity index (χ4v) is 3.82. The molecule has 4 heteroatoms. The zero-order chi connectivity index (χ0) is 13.8. The lowest BCUT2D eigenvalue weighted by atomic mass is 9.77. The first-order valence-electron chi connectivity index (χ1n) is 6.75. The van der Waals surface area contributed by atoms with Gasteiger partial charge in [-0.15, -0.1) is 0 Å². The molecule has 0 amide bonds. The summed E-state index contributed by atoms with van der Waals surface area (Å²) in [6.07, 6.45) is 5.42. The van der Waals surface area contributed by atoms with Crippen LogP contribution in [0, 0.1) is 17.6 Å². The van der Waals surface area contributed by atoms with Crippen LogP contribution in [0.5, 0.6) is 5.75 Å². The summed E-state index contributed by atoms with van der Waals surface area (Å²) in [4.78, 5) is 0. The third-order valence-corrected chi connectivity index (χ3v) is 4.72. The van der Waals surface area contributed by atoms with Crippen molar-refractivity contribution >= 4 is 22.6 Å². The molecule has 0 aliphatic heterocycles. The molecule has 1 fully saturated rings. The van der Waals surface area contributed by atoms with Gasteiger partial charge in [-0.3, -0.25) is 0 Å². The molecular weight excluding hydrogens is 361 g/mol. The molecule has 0 unspecified atom stereocenters. The van der Waals surface area contributed by atoms with Crippen molar-refractivity contribution in [1.29, 1.82) is 0 Å². The van der Waals surface area contributed by atoms with Gasteiger partial charge in [0, 0.05) is 0 Å². The summed E-state index contributed by atoms with van der Waals surface area (Å²) >= 11 is 2.40. The summed E-state index contributed by atoms with van der Waals surface area (Å²) in [5.74, 6) is -0.670. The van der Waals surface area contributed by atoms with Crippen LogP contribution in [0.3, 0.4) is 0 Å². The minimum Gasteiger partial charge on any atom is -0.494 e. The topological polar surface area (TPSA) is 9.23 Å². The monoisotopic (exact) mass is 380 g/mol. The Kier molecular flexibility index (Phi) is 5.42. The molecule has 0 aromatic heterocycles. The van der Waals surface area contributed by atoms with E-state index in [4.69, 9.17) is 4.74 Å². The molecule has 0 bridgehead atoms. The van der Waals surface area contributed by atoms with Gasteiger partial charge in [0.2, 0.25) is 5.82 Å². The van der Waals surface area contributed by atoms with Crippen LogP contribution in [0.15, 0.2) is 12.1 Å². The smallest absolute Gasteiger partial charge is 0.200 e. The molecule has 0 radical (unpaired) electrons. The summed E-state index contributed by atoms with van der Waals surface area (Å²) in [5, 5.41) is 0. The second-order valence-electron chi connectivity index (χ2n) is 5.18. The maximum absolute atomic E-state index is 14.0. The van der Waals surface area contributed by atoms with Crippen molar-refractivity contribution in [3.05, 3.63) is 29.3 Å². The Hall–Kier alpha value is -0.390. The Morgan fingerprint density at radius 2 is 1.84 bits per heavy atom. The van der Waals surface area contributed by atoms with Crippen LogP contribution >= 0.6 is 22.6 Å². The van der Waals surface area contributed by atoms with E-state index in [1.54, 1.807) is 6.07 Å². The molecule has 106 valence electrons. The maximum Gasteiger partial charge on any atom is 0.200 e. The molecule has 1 nitrogen and oxygen atoms in total. The van der Waals surface area contributed by atoms with Crippen LogP contribution in [-0.4, -0.2) is 11.5 Å². The molecule has 1 saturated carbocycles. The van der Waals surface area contributed by atoms with E-state index in [0.29, 0.717) is 5.56 Å². The predicted octanol–water partition coefficient (Wildman–Crippen LogP) is 5.07. The molecule has 0 spiro atoms. The van der Waals surface area contributed by atoms with Crippen molar-refractivity contribution in [2.75, 3.05) is 11.5 Å². The van der Waals surface area contributed by atoms with E-state index in [1.165, 1.54) is 24.0 Å². The van der Waals surface area contributed by atoms with Crippen molar-refractivity contribution in [1.82, 2.24) is 0 Å². The average Bonchev–Trinajstić information content (AvgIpc) is 2.43. The normalized spacial score (nSPS) is 23.4. The lowest BCUT2D eigenvalue weighted by Gasteiger charge is -2.28. The molecule has 0 N–H and O–H groups in total. The lowest BCUT2D eigenvalue weighted by Crippen LogP contribution is -2.15. The van der Waals surface area contributed by atoms with E-state index in [1.807, 2.05) is 0 Å². The predicted molar refractivity (Wildman–Crippen MR) is 81.1 cm³/mol. The van der Waals surface area contributed by atoms with Crippen LogP contribution in [0.2, 0.25) is 0 Å². The van der Waals surface area contributed by atoms with E-state index in [-0.39, 0.29) is 11.7 Å². The zero-order valence-corrected chi connectivity index (χ0v) is 13.3. The van der Waals surface area contributed by atoms with Crippen molar-refractivity contribution < 1.29 is 13.5 Å². The average molecular weight is 380 g/mol. The molecule has 1 aliphatic rings. The fraction of sp³-hybridized carbons (Fsp3) is 0.600. The van der Waals surface area contributed by atoms with Crippen LogP contribution in [0.1, 0.15) is 43.6 Å². The first kappa shape index (κ1) is 15.0. The van der Waals surface area contributed by atoms with Crippen molar-refractivity contribution in [3.8, 4) is 5.75 Å². The van der Waals surface area contributed by atoms with Gasteiger partial charge < -0.3 is 4.74 Å². The van der Waals surface area contributed by atoms with Crippen LogP contribution < -0.4 is 4.74 Å². The molecule has 0 heterocycles. The SMILES string of the molecule is COc1ccc(C2CCC(CCI)CC2)c(F)c1F. The zero-order valence-electron chi connectivity index (χ0n) is 11.1. The van der Waals surface area contributed by atoms with Gasteiger partial charge in [-0.2, -0.15) is 4.39 Å². The molecule has 0 atom stereocenters. The molecule has 2 rings (SSSR count). The number of methoxy groups -OCH3 is 1. The van der Waals surface area contributed by atoms with Gasteiger partial charge in [0.05, 0.1) is 7.11 Å². The van der Waals surface area contributed by atoms with Crippen molar-refractivity contribution in [3.63, 3.8) is 0 Å². The van der Waals surface area contributed by atoms with Gasteiger partial charge in [-0.25, -0.2) is 4.39 Å². The molecule has 19 heavy (non-hydrogen) atoms. The van der Waals surface area contributed by atoms with Crippen LogP contribution in [0.4, 0.5) is 8.78 Å². The second kappa shape index (κ2) is 6.86. The Labute approximate surface area is 126 Å². The molecular formula is C15H19F2IO. The molecule has 1 aliphatic carbocycles. The summed E-state index contributed by atoms with van der Waals surface area (Å²) in [6.45, 7) is 0. The Morgan fingerprint density at radius 3 is 2.42 bits per heavy atom. The Bertz CT molecular complexity index is 428. The summed E-state index contributed by atoms with van der Waals surface area (Å²) < 4.78 is 33.7. The van der Waals surface area contributed by atoms with Gasteiger partial charge >= 0.3 is 0 Å². The van der Waals surface area contributed by atoms with E-state index in [9.17, 15) is 8.78 Å². The lowest BCUT2D eigenvalue weighted by molar-refractivity contribution is 0.312. The number of rotatable bonds is 4. The van der Waals surface area contributed by atoms with E-state index >= 15 is 0 Å². The first-order valence-corrected chi connectivity index (χ1v) is 8.27. The first-order chi connectivity index (χ1) is 9.17. The van der Waals surface area contributed by atoms with E-state index in [2.05, 4.69) is 22.6 Å². The fourth-order valence-electron chi connectivity index (χ4n) is 2.94. The highest BCUT2D eigenvalue weighted by Crippen LogP contribution is 2.39. The number of halogens is 3. The summed E-state index contributed by atoms with van der Waals surface area (Å²) in [5.41, 5.74) is 0.520. The van der Waals surface area contributed by atoms with Gasteiger partial charge in [-0.05, 0) is 60.0 Å². The number of alkyl halides is 1. The number of hydrogen-bond acceptors (Lipinski definition) is 1. The van der Waals surface area contributed by atoms with Crippen LogP contribution in [0.25, 0.3) is 0 Å². The number of hydrogen-bond donors (Lipinski definition) is 0. The summed E-state index contributed by atoms with van der Waals surface area (Å²) in [6, 6.07) is 3.21. The molecule has 1 aromatic rings. The minimum absolute atomic E-state index is 0.0140. The standard InChI is InChI=1S/C15H19F2IO/c1-19-13-7-6-12(14(16)15(13)17)11-4-2-10(3-5-11)8-9-18/h6-7,10-11H,2-5,8-9H2,1H3. The second-order valence-corrected chi connectivity index (χ2v) is 6.26. The highest BCUT2D eigenvalue weighted by atomic mass is 127. The minimum atomic E-state index is -0.852. The summed E-state index contributed by atoms with van der Waals surface area (Å²) in [7, 11) is 1.35. The maximum atomic E-state index is 14.0. The van der Waals surface area contributed by atoms with Gasteiger partial charge in [0.1, 0.15) is 0 Å². The highest BCUT2D eigenvalue weighted by Gasteiger charge is 2.26. The quantitative estimate of drug-likeness (QED) is 0.523. The van der Waals surface area contributed by atoms with Crippen molar-refractivity contribution in [2.45, 2.75) is 38.0 Å².